The fraction of sp³-hybridized carbons (Fsp3) is 0.273. The Balaban J connectivity index is 1.28. The number of amides is 1. The molecule has 1 aliphatic heterocycles. The molecule has 2 heterocycles. The van der Waals surface area contributed by atoms with E-state index in [4.69, 9.17) is 16.3 Å². The minimum atomic E-state index is -0.359. The first kappa shape index (κ1) is 20.9. The first-order chi connectivity index (χ1) is 15.1. The number of rotatable bonds is 7. The molecule has 0 spiro atoms. The first-order valence-corrected chi connectivity index (χ1v) is 10.5. The predicted octanol–water partition coefficient (Wildman–Crippen LogP) is 3.70. The Morgan fingerprint density at radius 2 is 1.65 bits per heavy atom. The number of carbonyl (C=O) groups is 2. The second kappa shape index (κ2) is 9.61. The van der Waals surface area contributed by atoms with Crippen molar-refractivity contribution in [1.29, 1.82) is 0 Å². The number of H-pyrrole nitrogens is 1. The van der Waals surface area contributed by atoms with Crippen LogP contribution in [0.15, 0.2) is 48.5 Å². The van der Waals surface area contributed by atoms with Crippen LogP contribution in [-0.4, -0.2) is 46.6 Å². The fourth-order valence-corrected chi connectivity index (χ4v) is 3.46. The molecule has 0 bridgehead atoms. The summed E-state index contributed by atoms with van der Waals surface area (Å²) >= 11 is 5.86. The molecule has 0 aliphatic carbocycles. The molecule has 1 fully saturated rings. The van der Waals surface area contributed by atoms with Gasteiger partial charge in [0.15, 0.2) is 12.4 Å². The minimum absolute atomic E-state index is 0.115. The van der Waals surface area contributed by atoms with Crippen molar-refractivity contribution in [3.05, 3.63) is 64.7 Å². The number of carbonyl (C=O) groups excluding carboxylic acids is 2. The molecule has 0 atom stereocenters. The summed E-state index contributed by atoms with van der Waals surface area (Å²) in [5.41, 5.74) is 1.07. The van der Waals surface area contributed by atoms with Gasteiger partial charge in [-0.2, -0.15) is 4.98 Å². The molecule has 2 N–H and O–H groups in total. The minimum Gasteiger partial charge on any atom is -0.484 e. The van der Waals surface area contributed by atoms with E-state index in [0.717, 1.165) is 25.9 Å². The molecule has 3 aromatic rings. The molecule has 8 nitrogen and oxygen atoms in total. The topological polar surface area (TPSA) is 100 Å². The summed E-state index contributed by atoms with van der Waals surface area (Å²) in [6.07, 6.45) is 3.46. The molecule has 0 radical (unpaired) electrons. The van der Waals surface area contributed by atoms with E-state index in [0.29, 0.717) is 27.8 Å². The second-order valence-corrected chi connectivity index (χ2v) is 7.67. The third-order valence-corrected chi connectivity index (χ3v) is 5.22. The van der Waals surface area contributed by atoms with Gasteiger partial charge in [0.25, 0.3) is 5.91 Å². The zero-order valence-electron chi connectivity index (χ0n) is 16.8. The van der Waals surface area contributed by atoms with Gasteiger partial charge in [-0.05, 0) is 67.8 Å². The van der Waals surface area contributed by atoms with E-state index < -0.39 is 0 Å². The van der Waals surface area contributed by atoms with Crippen LogP contribution in [0.1, 0.15) is 35.2 Å². The Hall–Kier alpha value is -3.39. The van der Waals surface area contributed by atoms with E-state index in [2.05, 4.69) is 25.4 Å². The highest BCUT2D eigenvalue weighted by atomic mass is 35.5. The summed E-state index contributed by atoms with van der Waals surface area (Å²) in [6, 6.07) is 13.3. The maximum atomic E-state index is 12.5. The highest BCUT2D eigenvalue weighted by Gasteiger charge is 2.16. The SMILES string of the molecule is O=C(COc1ccc(C(=O)c2ccc(Cl)cc2)cc1)Nc1nc(N2CCCCC2)n[nH]1. The van der Waals surface area contributed by atoms with Gasteiger partial charge in [-0.25, -0.2) is 5.10 Å². The van der Waals surface area contributed by atoms with Gasteiger partial charge in [-0.1, -0.05) is 11.6 Å². The molecular formula is C22H22ClN5O3. The highest BCUT2D eigenvalue weighted by molar-refractivity contribution is 6.30. The van der Waals surface area contributed by atoms with Crippen LogP contribution in [0.3, 0.4) is 0 Å². The van der Waals surface area contributed by atoms with Gasteiger partial charge < -0.3 is 9.64 Å². The number of aromatic amines is 1. The number of benzene rings is 2. The normalized spacial score (nSPS) is 13.6. The van der Waals surface area contributed by atoms with E-state index in [-0.39, 0.29) is 24.2 Å². The molecular weight excluding hydrogens is 418 g/mol. The lowest BCUT2D eigenvalue weighted by molar-refractivity contribution is -0.118. The molecule has 0 saturated carbocycles. The quantitative estimate of drug-likeness (QED) is 0.544. The lowest BCUT2D eigenvalue weighted by Crippen LogP contribution is -2.30. The summed E-state index contributed by atoms with van der Waals surface area (Å²) < 4.78 is 5.51. The molecule has 1 saturated heterocycles. The summed E-state index contributed by atoms with van der Waals surface area (Å²) in [4.78, 5) is 31.1. The molecule has 1 amide bonds. The van der Waals surface area contributed by atoms with Gasteiger partial charge in [-0.15, -0.1) is 5.10 Å². The van der Waals surface area contributed by atoms with Gasteiger partial charge >= 0.3 is 0 Å². The van der Waals surface area contributed by atoms with Crippen LogP contribution in [0.4, 0.5) is 11.9 Å². The van der Waals surface area contributed by atoms with Gasteiger partial charge in [0.05, 0.1) is 0 Å². The van der Waals surface area contributed by atoms with Crippen LogP contribution >= 0.6 is 11.6 Å². The van der Waals surface area contributed by atoms with Crippen LogP contribution in [-0.2, 0) is 4.79 Å². The average molecular weight is 440 g/mol. The van der Waals surface area contributed by atoms with Crippen molar-refractivity contribution in [2.24, 2.45) is 0 Å². The van der Waals surface area contributed by atoms with Gasteiger partial charge in [0.1, 0.15) is 5.75 Å². The molecule has 160 valence electrons. The number of hydrogen-bond acceptors (Lipinski definition) is 6. The number of aromatic nitrogens is 3. The Morgan fingerprint density at radius 1 is 1.00 bits per heavy atom. The molecule has 4 rings (SSSR count). The van der Waals surface area contributed by atoms with E-state index in [1.165, 1.54) is 6.42 Å². The largest absolute Gasteiger partial charge is 0.484 e. The third kappa shape index (κ3) is 5.40. The summed E-state index contributed by atoms with van der Waals surface area (Å²) in [6.45, 7) is 1.65. The highest BCUT2D eigenvalue weighted by Crippen LogP contribution is 2.18. The molecule has 31 heavy (non-hydrogen) atoms. The standard InChI is InChI=1S/C22H22ClN5O3/c23-17-8-4-15(5-9-17)20(30)16-6-10-18(11-7-16)31-14-19(29)24-21-25-22(27-26-21)28-12-2-1-3-13-28/h4-11H,1-3,12-14H2,(H2,24,25,26,27,29). The zero-order valence-corrected chi connectivity index (χ0v) is 17.6. The summed E-state index contributed by atoms with van der Waals surface area (Å²) in [7, 11) is 0. The van der Waals surface area contributed by atoms with Crippen LogP contribution < -0.4 is 15.0 Å². The second-order valence-electron chi connectivity index (χ2n) is 7.23. The molecule has 0 unspecified atom stereocenters. The maximum Gasteiger partial charge on any atom is 0.264 e. The Kier molecular flexibility index (Phi) is 6.47. The Labute approximate surface area is 184 Å². The number of hydrogen-bond donors (Lipinski definition) is 2. The van der Waals surface area contributed by atoms with Crippen molar-refractivity contribution in [2.75, 3.05) is 29.9 Å². The van der Waals surface area contributed by atoms with Crippen LogP contribution in [0, 0.1) is 0 Å². The molecule has 1 aromatic heterocycles. The van der Waals surface area contributed by atoms with Crippen LogP contribution in [0.2, 0.25) is 5.02 Å². The first-order valence-electron chi connectivity index (χ1n) is 10.1. The molecule has 1 aliphatic rings. The number of halogens is 1. The number of ether oxygens (including phenoxy) is 1. The number of nitrogens with one attached hydrogen (secondary N) is 2. The summed E-state index contributed by atoms with van der Waals surface area (Å²) in [5, 5.41) is 10.1. The van der Waals surface area contributed by atoms with E-state index in [1.54, 1.807) is 48.5 Å². The third-order valence-electron chi connectivity index (χ3n) is 4.96. The molecule has 9 heteroatoms. The van der Waals surface area contributed by atoms with Gasteiger partial charge in [0.2, 0.25) is 11.9 Å². The van der Waals surface area contributed by atoms with Crippen molar-refractivity contribution in [1.82, 2.24) is 15.2 Å². The van der Waals surface area contributed by atoms with E-state index in [1.807, 2.05) is 0 Å². The van der Waals surface area contributed by atoms with Crippen molar-refractivity contribution < 1.29 is 14.3 Å². The lowest BCUT2D eigenvalue weighted by atomic mass is 10.0. The Morgan fingerprint density at radius 3 is 2.32 bits per heavy atom. The Bertz CT molecular complexity index is 1040. The van der Waals surface area contributed by atoms with Crippen molar-refractivity contribution in [3.63, 3.8) is 0 Å². The van der Waals surface area contributed by atoms with Crippen LogP contribution in [0.25, 0.3) is 0 Å². The zero-order chi connectivity index (χ0) is 21.6. The van der Waals surface area contributed by atoms with Crippen molar-refractivity contribution >= 4 is 35.2 Å². The monoisotopic (exact) mass is 439 g/mol. The van der Waals surface area contributed by atoms with Crippen LogP contribution in [0.5, 0.6) is 5.75 Å². The number of ketones is 1. The molecule has 2 aromatic carbocycles. The number of piperidine rings is 1. The predicted molar refractivity (Wildman–Crippen MR) is 118 cm³/mol. The van der Waals surface area contributed by atoms with E-state index >= 15 is 0 Å². The van der Waals surface area contributed by atoms with Crippen molar-refractivity contribution in [2.45, 2.75) is 19.3 Å². The number of nitrogens with zero attached hydrogens (tertiary/aromatic N) is 3. The van der Waals surface area contributed by atoms with Crippen molar-refractivity contribution in [3.8, 4) is 5.75 Å². The maximum absolute atomic E-state index is 12.5. The van der Waals surface area contributed by atoms with Gasteiger partial charge in [-0.3, -0.25) is 14.9 Å². The summed E-state index contributed by atoms with van der Waals surface area (Å²) in [5.74, 6) is 0.891. The smallest absolute Gasteiger partial charge is 0.264 e. The van der Waals surface area contributed by atoms with E-state index in [9.17, 15) is 9.59 Å². The lowest BCUT2D eigenvalue weighted by Gasteiger charge is -2.24. The average Bonchev–Trinajstić information content (AvgIpc) is 3.27. The fourth-order valence-electron chi connectivity index (χ4n) is 3.33. The number of anilines is 2. The van der Waals surface area contributed by atoms with Gasteiger partial charge in [0, 0.05) is 29.2 Å².